The molecule has 1 atom stereocenters. The number of aliphatic carboxylic acids is 1. The average Bonchev–Trinajstić information content (AvgIpc) is 2.37. The molecule has 6 nitrogen and oxygen atoms in total. The van der Waals surface area contributed by atoms with Gasteiger partial charge in [-0.1, -0.05) is 11.6 Å². The van der Waals surface area contributed by atoms with Crippen molar-refractivity contribution < 1.29 is 24.5 Å². The van der Waals surface area contributed by atoms with Crippen molar-refractivity contribution in [2.24, 2.45) is 0 Å². The molecule has 20 heavy (non-hydrogen) atoms. The molecule has 0 radical (unpaired) electrons. The molecule has 0 aliphatic carbocycles. The van der Waals surface area contributed by atoms with Gasteiger partial charge in [0.25, 0.3) is 5.91 Å². The molecule has 7 heteroatoms. The van der Waals surface area contributed by atoms with Crippen LogP contribution in [0.3, 0.4) is 0 Å². The van der Waals surface area contributed by atoms with E-state index < -0.39 is 23.6 Å². The molecule has 0 saturated carbocycles. The summed E-state index contributed by atoms with van der Waals surface area (Å²) in [5, 5.41) is 20.5. The van der Waals surface area contributed by atoms with Crippen LogP contribution in [0.5, 0.6) is 5.75 Å². The van der Waals surface area contributed by atoms with Gasteiger partial charge in [-0.2, -0.15) is 0 Å². The number of halogens is 1. The van der Waals surface area contributed by atoms with Crippen LogP contribution in [0.1, 0.15) is 13.8 Å². The third kappa shape index (κ3) is 4.71. The first-order valence-electron chi connectivity index (χ1n) is 5.86. The lowest BCUT2D eigenvalue weighted by Crippen LogP contribution is -2.49. The molecule has 0 aliphatic rings. The Bertz CT molecular complexity index is 486. The van der Waals surface area contributed by atoms with Gasteiger partial charge in [-0.05, 0) is 38.1 Å². The van der Waals surface area contributed by atoms with Crippen molar-refractivity contribution >= 4 is 23.5 Å². The normalized spacial score (nSPS) is 12.6. The monoisotopic (exact) mass is 301 g/mol. The summed E-state index contributed by atoms with van der Waals surface area (Å²) in [6.45, 7) is 2.68. The summed E-state index contributed by atoms with van der Waals surface area (Å²) >= 11 is 5.74. The van der Waals surface area contributed by atoms with Crippen LogP contribution in [0, 0.1) is 0 Å². The van der Waals surface area contributed by atoms with E-state index in [2.05, 4.69) is 5.32 Å². The minimum atomic E-state index is -1.65. The second kappa shape index (κ2) is 6.58. The largest absolute Gasteiger partial charge is 0.479 e. The molecule has 0 aliphatic heterocycles. The summed E-state index contributed by atoms with van der Waals surface area (Å²) in [5.74, 6) is -1.48. The van der Waals surface area contributed by atoms with E-state index in [1.807, 2.05) is 0 Å². The Hall–Kier alpha value is -1.79. The molecule has 0 spiro atoms. The average molecular weight is 302 g/mol. The molecular weight excluding hydrogens is 286 g/mol. The van der Waals surface area contributed by atoms with Crippen LogP contribution < -0.4 is 10.1 Å². The summed E-state index contributed by atoms with van der Waals surface area (Å²) in [6.07, 6.45) is -1.65. The number of rotatable bonds is 6. The van der Waals surface area contributed by atoms with E-state index in [0.29, 0.717) is 10.8 Å². The molecule has 0 saturated heterocycles. The maximum atomic E-state index is 11.9. The quantitative estimate of drug-likeness (QED) is 0.730. The van der Waals surface area contributed by atoms with Crippen molar-refractivity contribution in [2.45, 2.75) is 25.6 Å². The summed E-state index contributed by atoms with van der Waals surface area (Å²) in [7, 11) is 0. The second-order valence-electron chi connectivity index (χ2n) is 4.63. The lowest BCUT2D eigenvalue weighted by Gasteiger charge is -2.25. The standard InChI is InChI=1S/C13H16ClNO5/c1-13(2,12(19)15-7-10(16)11(17)18)20-9-5-3-8(14)4-6-9/h3-6,10,16H,7H2,1-2H3,(H,15,19)(H,17,18)/t10-/m0/s1. The molecular formula is C13H16ClNO5. The van der Waals surface area contributed by atoms with E-state index in [-0.39, 0.29) is 6.54 Å². The SMILES string of the molecule is CC(C)(Oc1ccc(Cl)cc1)C(=O)NC[C@H](O)C(=O)O. The van der Waals surface area contributed by atoms with Gasteiger partial charge in [0.1, 0.15) is 5.75 Å². The van der Waals surface area contributed by atoms with Crippen LogP contribution in [0.25, 0.3) is 0 Å². The van der Waals surface area contributed by atoms with Gasteiger partial charge in [-0.25, -0.2) is 4.79 Å². The Balaban J connectivity index is 2.61. The Morgan fingerprint density at radius 2 is 1.90 bits per heavy atom. The predicted molar refractivity (Wildman–Crippen MR) is 72.8 cm³/mol. The molecule has 3 N–H and O–H groups in total. The first-order chi connectivity index (χ1) is 9.22. The van der Waals surface area contributed by atoms with Crippen molar-refractivity contribution in [3.63, 3.8) is 0 Å². The van der Waals surface area contributed by atoms with Crippen molar-refractivity contribution in [2.75, 3.05) is 6.54 Å². The lowest BCUT2D eigenvalue weighted by molar-refractivity contribution is -0.147. The fraction of sp³-hybridized carbons (Fsp3) is 0.385. The number of hydrogen-bond donors (Lipinski definition) is 3. The van der Waals surface area contributed by atoms with E-state index in [1.165, 1.54) is 13.8 Å². The van der Waals surface area contributed by atoms with E-state index in [1.54, 1.807) is 24.3 Å². The van der Waals surface area contributed by atoms with Gasteiger partial charge in [0, 0.05) is 5.02 Å². The van der Waals surface area contributed by atoms with Gasteiger partial charge in [0.2, 0.25) is 0 Å². The van der Waals surface area contributed by atoms with Crippen LogP contribution >= 0.6 is 11.6 Å². The Kier molecular flexibility index (Phi) is 5.35. The number of ether oxygens (including phenoxy) is 1. The predicted octanol–water partition coefficient (Wildman–Crippen LogP) is 1.06. The van der Waals surface area contributed by atoms with Crippen LogP contribution in [-0.2, 0) is 9.59 Å². The lowest BCUT2D eigenvalue weighted by atomic mass is 10.1. The molecule has 0 aromatic heterocycles. The van der Waals surface area contributed by atoms with E-state index >= 15 is 0 Å². The topological polar surface area (TPSA) is 95.9 Å². The Labute approximate surface area is 121 Å². The van der Waals surface area contributed by atoms with Gasteiger partial charge in [0.05, 0.1) is 6.54 Å². The number of benzene rings is 1. The molecule has 1 aromatic carbocycles. The van der Waals surface area contributed by atoms with Crippen LogP contribution in [-0.4, -0.2) is 40.3 Å². The number of carbonyl (C=O) groups excluding carboxylic acids is 1. The third-order valence-corrected chi connectivity index (χ3v) is 2.73. The molecule has 0 unspecified atom stereocenters. The molecule has 1 rings (SSSR count). The first-order valence-corrected chi connectivity index (χ1v) is 6.24. The van der Waals surface area contributed by atoms with Gasteiger partial charge in [0.15, 0.2) is 11.7 Å². The smallest absolute Gasteiger partial charge is 0.334 e. The van der Waals surface area contributed by atoms with Crippen LogP contribution in [0.15, 0.2) is 24.3 Å². The van der Waals surface area contributed by atoms with Crippen molar-refractivity contribution in [3.8, 4) is 5.75 Å². The number of carboxylic acid groups (broad SMARTS) is 1. The zero-order valence-corrected chi connectivity index (χ0v) is 11.8. The van der Waals surface area contributed by atoms with Crippen molar-refractivity contribution in [1.29, 1.82) is 0 Å². The molecule has 0 heterocycles. The van der Waals surface area contributed by atoms with E-state index in [0.717, 1.165) is 0 Å². The zero-order chi connectivity index (χ0) is 15.3. The number of amides is 1. The van der Waals surface area contributed by atoms with Crippen LogP contribution in [0.4, 0.5) is 0 Å². The fourth-order valence-corrected chi connectivity index (χ4v) is 1.46. The minimum absolute atomic E-state index is 0.387. The van der Waals surface area contributed by atoms with E-state index in [4.69, 9.17) is 26.6 Å². The second-order valence-corrected chi connectivity index (χ2v) is 5.07. The maximum Gasteiger partial charge on any atom is 0.334 e. The van der Waals surface area contributed by atoms with Gasteiger partial charge in [-0.15, -0.1) is 0 Å². The first kappa shape index (κ1) is 16.3. The molecule has 0 fully saturated rings. The fourth-order valence-electron chi connectivity index (χ4n) is 1.33. The van der Waals surface area contributed by atoms with Crippen molar-refractivity contribution in [1.82, 2.24) is 5.32 Å². The molecule has 1 amide bonds. The highest BCUT2D eigenvalue weighted by Crippen LogP contribution is 2.20. The summed E-state index contributed by atoms with van der Waals surface area (Å²) in [6, 6.07) is 6.48. The number of hydrogen-bond acceptors (Lipinski definition) is 4. The Morgan fingerprint density at radius 1 is 1.35 bits per heavy atom. The van der Waals surface area contributed by atoms with Gasteiger partial charge >= 0.3 is 5.97 Å². The maximum absolute atomic E-state index is 11.9. The number of nitrogens with one attached hydrogen (secondary N) is 1. The molecule has 110 valence electrons. The van der Waals surface area contributed by atoms with E-state index in [9.17, 15) is 9.59 Å². The van der Waals surface area contributed by atoms with Gasteiger partial charge < -0.3 is 20.3 Å². The molecule has 0 bridgehead atoms. The summed E-state index contributed by atoms with van der Waals surface area (Å²) < 4.78 is 5.51. The summed E-state index contributed by atoms with van der Waals surface area (Å²) in [4.78, 5) is 22.3. The third-order valence-electron chi connectivity index (χ3n) is 2.47. The number of carbonyl (C=O) groups is 2. The number of aliphatic hydroxyl groups excluding tert-OH is 1. The molecule has 1 aromatic rings. The minimum Gasteiger partial charge on any atom is -0.479 e. The Morgan fingerprint density at radius 3 is 2.40 bits per heavy atom. The van der Waals surface area contributed by atoms with Crippen molar-refractivity contribution in [3.05, 3.63) is 29.3 Å². The number of carboxylic acids is 1. The highest BCUT2D eigenvalue weighted by atomic mass is 35.5. The van der Waals surface area contributed by atoms with Gasteiger partial charge in [-0.3, -0.25) is 4.79 Å². The highest BCUT2D eigenvalue weighted by Gasteiger charge is 2.30. The number of aliphatic hydroxyl groups is 1. The highest BCUT2D eigenvalue weighted by molar-refractivity contribution is 6.30. The summed E-state index contributed by atoms with van der Waals surface area (Å²) in [5.41, 5.74) is -1.22. The van der Waals surface area contributed by atoms with Crippen LogP contribution in [0.2, 0.25) is 5.02 Å². The zero-order valence-electron chi connectivity index (χ0n) is 11.1.